The lowest BCUT2D eigenvalue weighted by atomic mass is 11.2. The summed E-state index contributed by atoms with van der Waals surface area (Å²) in [5, 5.41) is 6.55. The van der Waals surface area contributed by atoms with E-state index in [9.17, 15) is 0 Å². The average molecular weight is 307 g/mol. The number of rotatable bonds is 9. The van der Waals surface area contributed by atoms with Gasteiger partial charge in [0, 0.05) is 0 Å². The Morgan fingerprint density at radius 3 is 1.00 bits per heavy atom. The van der Waals surface area contributed by atoms with Crippen LogP contribution in [0.5, 0.6) is 0 Å². The van der Waals surface area contributed by atoms with Crippen LogP contribution in [0.1, 0.15) is 0 Å². The second-order valence-electron chi connectivity index (χ2n) is 4.99. The maximum absolute atomic E-state index is 6.55. The van der Waals surface area contributed by atoms with Gasteiger partial charge in [-0.15, -0.1) is 39.5 Å². The van der Waals surface area contributed by atoms with E-state index in [-0.39, 0.29) is 0 Å². The minimum Gasteiger partial charge on any atom is -0.340 e. The lowest BCUT2D eigenvalue weighted by Gasteiger charge is -2.51. The molecule has 0 aromatic rings. The maximum atomic E-state index is 6.55. The summed E-state index contributed by atoms with van der Waals surface area (Å²) in [6.07, 6.45) is 0. The monoisotopic (exact) mass is 306 g/mol. The molecule has 0 amide bonds. The molecule has 0 bridgehead atoms. The first-order valence-electron chi connectivity index (χ1n) is 6.14. The van der Waals surface area contributed by atoms with Crippen molar-refractivity contribution in [1.29, 1.82) is 0 Å². The summed E-state index contributed by atoms with van der Waals surface area (Å²) in [6.45, 7) is 28.1. The van der Waals surface area contributed by atoms with E-state index in [0.29, 0.717) is 0 Å². The van der Waals surface area contributed by atoms with Crippen molar-refractivity contribution in [2.24, 2.45) is 5.40 Å². The Bertz CT molecular complexity index is 332. The molecule has 2 nitrogen and oxygen atoms in total. The Balaban J connectivity index is 6.41. The Labute approximate surface area is 121 Å². The zero-order valence-corrected chi connectivity index (χ0v) is 15.2. The lowest BCUT2D eigenvalue weighted by Crippen LogP contribution is -2.76. The highest BCUT2D eigenvalue weighted by molar-refractivity contribution is 7.14. The highest BCUT2D eigenvalue weighted by Gasteiger charge is 2.49. The molecule has 0 saturated heterocycles. The van der Waals surface area contributed by atoms with Crippen molar-refractivity contribution in [1.82, 2.24) is 3.90 Å². The van der Waals surface area contributed by atoms with Crippen molar-refractivity contribution in [3.63, 3.8) is 0 Å². The van der Waals surface area contributed by atoms with Gasteiger partial charge >= 0.3 is 0 Å². The molecule has 0 aliphatic rings. The summed E-state index contributed by atoms with van der Waals surface area (Å²) >= 11 is 0. The van der Waals surface area contributed by atoms with Gasteiger partial charge < -0.3 is 9.30 Å². The van der Waals surface area contributed by atoms with Crippen LogP contribution in [0, 0.1) is 0 Å². The molecule has 5 heteroatoms. The normalized spacial score (nSPS) is 12.6. The van der Waals surface area contributed by atoms with Gasteiger partial charge in [-0.1, -0.05) is 34.2 Å². The van der Waals surface area contributed by atoms with Crippen LogP contribution >= 0.6 is 0 Å². The Kier molecular flexibility index (Phi) is 6.11. The van der Waals surface area contributed by atoms with Gasteiger partial charge in [0.1, 0.15) is 0 Å². The molecular formula is C14H26N2Si3. The quantitative estimate of drug-likeness (QED) is 0.663. The molecule has 0 spiro atoms. The molecule has 0 atom stereocenters. The molecule has 0 aromatic heterocycles. The first-order chi connectivity index (χ1) is 8.73. The number of nitrogens with two attached hydrogens (primary N) is 1. The van der Waals surface area contributed by atoms with Crippen LogP contribution in [-0.2, 0) is 0 Å². The molecule has 104 valence electrons. The summed E-state index contributed by atoms with van der Waals surface area (Å²) in [4.78, 5) is 0. The summed E-state index contributed by atoms with van der Waals surface area (Å²) in [7, 11) is -6.70. The second-order valence-corrected chi connectivity index (χ2v) is 17.0. The van der Waals surface area contributed by atoms with Crippen molar-refractivity contribution in [3.8, 4) is 0 Å². The third-order valence-electron chi connectivity index (χ3n) is 3.31. The molecular weight excluding hydrogens is 280 g/mol. The fraction of sp³-hybridized carbons (Fsp3) is 0.143. The van der Waals surface area contributed by atoms with Gasteiger partial charge in [-0.3, -0.25) is 0 Å². The number of nitrogens with zero attached hydrogens (tertiary/aromatic N) is 1. The fourth-order valence-electron chi connectivity index (χ4n) is 2.38. The highest BCUT2D eigenvalue weighted by atomic mass is 28.5. The zero-order valence-electron chi connectivity index (χ0n) is 12.2. The van der Waals surface area contributed by atoms with Gasteiger partial charge in [-0.2, -0.15) is 0 Å². The molecule has 0 fully saturated rings. The minimum atomic E-state index is -2.27. The molecule has 0 radical (unpaired) electrons. The molecule has 19 heavy (non-hydrogen) atoms. The van der Waals surface area contributed by atoms with Crippen LogP contribution in [0.15, 0.2) is 73.7 Å². The smallest absolute Gasteiger partial charge is 0.189 e. The molecule has 0 aliphatic heterocycles. The van der Waals surface area contributed by atoms with E-state index in [1.165, 1.54) is 0 Å². The van der Waals surface area contributed by atoms with Crippen LogP contribution in [0.3, 0.4) is 0 Å². The number of hydrogen-bond acceptors (Lipinski definition) is 2. The van der Waals surface area contributed by atoms with Crippen molar-refractivity contribution in [2.75, 3.05) is 0 Å². The van der Waals surface area contributed by atoms with Crippen LogP contribution in [0.25, 0.3) is 0 Å². The van der Waals surface area contributed by atoms with E-state index < -0.39 is 24.9 Å². The standard InChI is InChI=1S/C14H26N2Si3/c1-9-18(10-2,11-3)16(17(7,8)15)19(12-4,13-5)14-6/h9-14H,1-6,15H2,7-8H3. The van der Waals surface area contributed by atoms with Gasteiger partial charge in [0.2, 0.25) is 0 Å². The lowest BCUT2D eigenvalue weighted by molar-refractivity contribution is 0.937. The van der Waals surface area contributed by atoms with E-state index in [4.69, 9.17) is 5.40 Å². The first-order valence-corrected chi connectivity index (χ1v) is 13.5. The number of hydrogen-bond donors (Lipinski definition) is 1. The van der Waals surface area contributed by atoms with Gasteiger partial charge in [0.05, 0.1) is 0 Å². The van der Waals surface area contributed by atoms with Crippen molar-refractivity contribution < 1.29 is 0 Å². The fourth-order valence-corrected chi connectivity index (χ4v) is 18.4. The largest absolute Gasteiger partial charge is 0.340 e. The summed E-state index contributed by atoms with van der Waals surface area (Å²) in [6, 6.07) is 0. The molecule has 0 heterocycles. The van der Waals surface area contributed by atoms with Gasteiger partial charge in [-0.05, 0) is 13.1 Å². The van der Waals surface area contributed by atoms with E-state index in [1.807, 2.05) is 34.2 Å². The van der Waals surface area contributed by atoms with Crippen LogP contribution in [-0.4, -0.2) is 28.8 Å². The van der Waals surface area contributed by atoms with Gasteiger partial charge in [0.15, 0.2) is 24.9 Å². The predicted molar refractivity (Wildman–Crippen MR) is 96.2 cm³/mol. The summed E-state index contributed by atoms with van der Waals surface area (Å²) < 4.78 is 2.38. The highest BCUT2D eigenvalue weighted by Crippen LogP contribution is 2.29. The van der Waals surface area contributed by atoms with Gasteiger partial charge in [0.25, 0.3) is 0 Å². The van der Waals surface area contributed by atoms with Crippen LogP contribution in [0.2, 0.25) is 13.1 Å². The SMILES string of the molecule is C=C[Si](C=C)(C=C)N([Si](C)(C)N)[Si](C=C)(C=C)C=C. The molecule has 0 saturated carbocycles. The van der Waals surface area contributed by atoms with E-state index in [1.54, 1.807) is 0 Å². The summed E-state index contributed by atoms with van der Waals surface area (Å²) in [5.41, 5.74) is 11.7. The first kappa shape index (κ1) is 18.0. The van der Waals surface area contributed by atoms with Crippen molar-refractivity contribution in [3.05, 3.63) is 73.7 Å². The molecule has 2 N–H and O–H groups in total. The van der Waals surface area contributed by atoms with E-state index >= 15 is 0 Å². The zero-order chi connectivity index (χ0) is 15.3. The topological polar surface area (TPSA) is 29.3 Å². The molecule has 0 rings (SSSR count). The molecule has 0 aliphatic carbocycles. The average Bonchev–Trinajstić information content (AvgIpc) is 2.40. The maximum Gasteiger partial charge on any atom is 0.189 e. The Hall–Kier alpha value is -0.989. The van der Waals surface area contributed by atoms with Crippen LogP contribution < -0.4 is 5.40 Å². The van der Waals surface area contributed by atoms with Crippen molar-refractivity contribution in [2.45, 2.75) is 13.1 Å². The van der Waals surface area contributed by atoms with E-state index in [2.05, 4.69) is 56.5 Å². The predicted octanol–water partition coefficient (Wildman–Crippen LogP) is 3.19. The van der Waals surface area contributed by atoms with Gasteiger partial charge in [-0.25, -0.2) is 0 Å². The third-order valence-corrected chi connectivity index (χ3v) is 18.0. The Morgan fingerprint density at radius 1 is 0.684 bits per heavy atom. The second kappa shape index (κ2) is 6.45. The van der Waals surface area contributed by atoms with Crippen LogP contribution in [0.4, 0.5) is 0 Å². The minimum absolute atomic E-state index is 1.95. The Morgan fingerprint density at radius 2 is 0.895 bits per heavy atom. The summed E-state index contributed by atoms with van der Waals surface area (Å²) in [5.74, 6) is 0. The van der Waals surface area contributed by atoms with E-state index in [0.717, 1.165) is 0 Å². The molecule has 0 aromatic carbocycles. The molecule has 0 unspecified atom stereocenters. The third kappa shape index (κ3) is 3.13. The van der Waals surface area contributed by atoms with Crippen molar-refractivity contribution >= 4 is 24.9 Å².